The lowest BCUT2D eigenvalue weighted by atomic mass is 10.3. The quantitative estimate of drug-likeness (QED) is 0.706. The van der Waals surface area contributed by atoms with E-state index in [1.807, 2.05) is 6.92 Å². The first-order chi connectivity index (χ1) is 9.44. The maximum atomic E-state index is 12.2. The second-order valence-electron chi connectivity index (χ2n) is 4.25. The Labute approximate surface area is 117 Å². The first-order valence-corrected chi connectivity index (χ1v) is 7.34. The van der Waals surface area contributed by atoms with Gasteiger partial charge in [0.05, 0.1) is 23.9 Å². The predicted molar refractivity (Wildman–Crippen MR) is 74.8 cm³/mol. The van der Waals surface area contributed by atoms with Gasteiger partial charge in [-0.25, -0.2) is 13.1 Å². The number of hydrogen-bond donors (Lipinski definition) is 3. The van der Waals surface area contributed by atoms with E-state index in [0.29, 0.717) is 11.4 Å². The number of H-pyrrole nitrogens is 1. The molecule has 1 aromatic heterocycles. The number of aryl methyl sites for hydroxylation is 1. The number of ether oxygens (including phenoxy) is 1. The van der Waals surface area contributed by atoms with Gasteiger partial charge in [0.15, 0.2) is 0 Å². The van der Waals surface area contributed by atoms with Crippen molar-refractivity contribution in [1.82, 2.24) is 14.9 Å². The molecule has 2 aromatic rings. The first kappa shape index (κ1) is 14.4. The molecule has 0 saturated heterocycles. The normalized spacial score (nSPS) is 11.5. The molecule has 0 amide bonds. The van der Waals surface area contributed by atoms with E-state index >= 15 is 0 Å². The molecular weight excluding hydrogens is 280 g/mol. The maximum absolute atomic E-state index is 12.2. The monoisotopic (exact) mass is 296 g/mol. The molecule has 108 valence electrons. The van der Waals surface area contributed by atoms with Crippen molar-refractivity contribution in [2.75, 3.05) is 12.8 Å². The van der Waals surface area contributed by atoms with Crippen molar-refractivity contribution in [2.45, 2.75) is 18.4 Å². The number of anilines is 1. The fourth-order valence-corrected chi connectivity index (χ4v) is 2.69. The van der Waals surface area contributed by atoms with Gasteiger partial charge < -0.3 is 10.5 Å². The number of nitrogens with two attached hydrogens (primary N) is 1. The molecule has 0 unspecified atom stereocenters. The van der Waals surface area contributed by atoms with E-state index in [9.17, 15) is 8.42 Å². The molecule has 0 fully saturated rings. The molecule has 7 nitrogen and oxygen atoms in total. The van der Waals surface area contributed by atoms with Crippen LogP contribution in [0.3, 0.4) is 0 Å². The van der Waals surface area contributed by atoms with Gasteiger partial charge in [0.25, 0.3) is 0 Å². The Hall–Kier alpha value is -2.06. The summed E-state index contributed by atoms with van der Waals surface area (Å²) in [5, 5.41) is 6.59. The predicted octanol–water partition coefficient (Wildman–Crippen LogP) is 0.787. The zero-order chi connectivity index (χ0) is 14.8. The minimum absolute atomic E-state index is 0.102. The average molecular weight is 296 g/mol. The third kappa shape index (κ3) is 2.91. The first-order valence-electron chi connectivity index (χ1n) is 5.86. The Morgan fingerprint density at radius 3 is 2.80 bits per heavy atom. The van der Waals surface area contributed by atoms with Gasteiger partial charge in [0, 0.05) is 23.9 Å². The molecule has 20 heavy (non-hydrogen) atoms. The lowest BCUT2D eigenvalue weighted by molar-refractivity contribution is 0.415. The molecule has 0 aliphatic rings. The number of rotatable bonds is 5. The summed E-state index contributed by atoms with van der Waals surface area (Å²) in [6.45, 7) is 1.99. The van der Waals surface area contributed by atoms with E-state index in [4.69, 9.17) is 10.5 Å². The van der Waals surface area contributed by atoms with Crippen LogP contribution in [0.1, 0.15) is 11.3 Å². The van der Waals surface area contributed by atoms with Gasteiger partial charge >= 0.3 is 0 Å². The molecule has 0 radical (unpaired) electrons. The molecule has 0 spiro atoms. The van der Waals surface area contributed by atoms with Gasteiger partial charge in [-0.3, -0.25) is 5.10 Å². The van der Waals surface area contributed by atoms with E-state index < -0.39 is 10.0 Å². The highest BCUT2D eigenvalue weighted by molar-refractivity contribution is 7.89. The Kier molecular flexibility index (Phi) is 3.96. The fraction of sp³-hybridized carbons (Fsp3) is 0.250. The summed E-state index contributed by atoms with van der Waals surface area (Å²) in [6, 6.07) is 4.32. The SMILES string of the molecule is COc1cc(S(=O)(=O)NCc2cn[nH]c2C)ccc1N. The number of aromatic amines is 1. The molecule has 2 rings (SSSR count). The topological polar surface area (TPSA) is 110 Å². The van der Waals surface area contributed by atoms with E-state index in [2.05, 4.69) is 14.9 Å². The van der Waals surface area contributed by atoms with Gasteiger partial charge in [-0.05, 0) is 19.1 Å². The van der Waals surface area contributed by atoms with E-state index in [1.54, 1.807) is 6.20 Å². The maximum Gasteiger partial charge on any atom is 0.241 e. The van der Waals surface area contributed by atoms with Gasteiger partial charge in [-0.15, -0.1) is 0 Å². The number of sulfonamides is 1. The molecule has 0 saturated carbocycles. The van der Waals surface area contributed by atoms with Crippen molar-refractivity contribution in [1.29, 1.82) is 0 Å². The summed E-state index contributed by atoms with van der Waals surface area (Å²) in [6.07, 6.45) is 1.58. The number of nitrogens with one attached hydrogen (secondary N) is 2. The van der Waals surface area contributed by atoms with Gasteiger partial charge in [0.1, 0.15) is 5.75 Å². The Morgan fingerprint density at radius 1 is 1.45 bits per heavy atom. The highest BCUT2D eigenvalue weighted by Gasteiger charge is 2.16. The summed E-state index contributed by atoms with van der Waals surface area (Å²) in [5.74, 6) is 0.326. The summed E-state index contributed by atoms with van der Waals surface area (Å²) in [5.41, 5.74) is 7.66. The second-order valence-corrected chi connectivity index (χ2v) is 6.02. The molecule has 8 heteroatoms. The van der Waals surface area contributed by atoms with Crippen molar-refractivity contribution in [3.05, 3.63) is 35.7 Å². The van der Waals surface area contributed by atoms with Crippen LogP contribution in [0.25, 0.3) is 0 Å². The van der Waals surface area contributed by atoms with Gasteiger partial charge in [0.2, 0.25) is 10.0 Å². The van der Waals surface area contributed by atoms with Crippen LogP contribution < -0.4 is 15.2 Å². The summed E-state index contributed by atoms with van der Waals surface area (Å²) < 4.78 is 31.9. The number of nitrogen functional groups attached to an aromatic ring is 1. The molecule has 0 aliphatic heterocycles. The zero-order valence-corrected chi connectivity index (χ0v) is 12.0. The molecule has 1 heterocycles. The van der Waals surface area contributed by atoms with Crippen LogP contribution in [-0.2, 0) is 16.6 Å². The van der Waals surface area contributed by atoms with Gasteiger partial charge in [-0.2, -0.15) is 5.10 Å². The van der Waals surface area contributed by atoms with Crippen molar-refractivity contribution >= 4 is 15.7 Å². The Bertz CT molecular complexity index is 709. The fourth-order valence-electron chi connectivity index (χ4n) is 1.67. The Morgan fingerprint density at radius 2 is 2.20 bits per heavy atom. The number of nitrogens with zero attached hydrogens (tertiary/aromatic N) is 1. The largest absolute Gasteiger partial charge is 0.495 e. The van der Waals surface area contributed by atoms with Crippen LogP contribution >= 0.6 is 0 Å². The number of methoxy groups -OCH3 is 1. The molecule has 0 atom stereocenters. The number of aromatic nitrogens is 2. The van der Waals surface area contributed by atoms with E-state index in [-0.39, 0.29) is 11.4 Å². The third-order valence-electron chi connectivity index (χ3n) is 2.90. The zero-order valence-electron chi connectivity index (χ0n) is 11.2. The summed E-state index contributed by atoms with van der Waals surface area (Å²) in [4.78, 5) is 0.102. The van der Waals surface area contributed by atoms with Crippen molar-refractivity contribution < 1.29 is 13.2 Å². The molecular formula is C12H16N4O3S. The minimum atomic E-state index is -3.63. The summed E-state index contributed by atoms with van der Waals surface area (Å²) in [7, 11) is -2.19. The van der Waals surface area contributed by atoms with Crippen molar-refractivity contribution in [3.63, 3.8) is 0 Å². The van der Waals surface area contributed by atoms with Crippen LogP contribution in [0.5, 0.6) is 5.75 Å². The van der Waals surface area contributed by atoms with Crippen LogP contribution in [-0.4, -0.2) is 25.7 Å². The van der Waals surface area contributed by atoms with Crippen molar-refractivity contribution in [3.8, 4) is 5.75 Å². The van der Waals surface area contributed by atoms with Crippen LogP contribution in [0.4, 0.5) is 5.69 Å². The van der Waals surface area contributed by atoms with E-state index in [1.165, 1.54) is 25.3 Å². The number of benzene rings is 1. The van der Waals surface area contributed by atoms with Gasteiger partial charge in [-0.1, -0.05) is 0 Å². The smallest absolute Gasteiger partial charge is 0.241 e. The lowest BCUT2D eigenvalue weighted by Crippen LogP contribution is -2.23. The summed E-state index contributed by atoms with van der Waals surface area (Å²) >= 11 is 0. The average Bonchev–Trinajstić information content (AvgIpc) is 2.82. The molecule has 0 aliphatic carbocycles. The molecule has 0 bridgehead atoms. The standard InChI is InChI=1S/C12H16N4O3S/c1-8-9(6-14-16-8)7-15-20(17,18)10-3-4-11(13)12(5-10)19-2/h3-6,15H,7,13H2,1-2H3,(H,14,16). The number of hydrogen-bond acceptors (Lipinski definition) is 5. The molecule has 4 N–H and O–H groups in total. The molecule has 1 aromatic carbocycles. The van der Waals surface area contributed by atoms with E-state index in [0.717, 1.165) is 11.3 Å². The lowest BCUT2D eigenvalue weighted by Gasteiger charge is -2.09. The van der Waals surface area contributed by atoms with Crippen LogP contribution in [0.15, 0.2) is 29.3 Å². The van der Waals surface area contributed by atoms with Crippen LogP contribution in [0, 0.1) is 6.92 Å². The highest BCUT2D eigenvalue weighted by Crippen LogP contribution is 2.24. The Balaban J connectivity index is 2.20. The highest BCUT2D eigenvalue weighted by atomic mass is 32.2. The third-order valence-corrected chi connectivity index (χ3v) is 4.30. The minimum Gasteiger partial charge on any atom is -0.495 e. The van der Waals surface area contributed by atoms with Crippen molar-refractivity contribution in [2.24, 2.45) is 0 Å². The van der Waals surface area contributed by atoms with Crippen LogP contribution in [0.2, 0.25) is 0 Å². The second kappa shape index (κ2) is 5.51.